The van der Waals surface area contributed by atoms with Gasteiger partial charge in [0.1, 0.15) is 0 Å². The molecule has 1 aromatic rings. The summed E-state index contributed by atoms with van der Waals surface area (Å²) in [4.78, 5) is 14.6. The van der Waals surface area contributed by atoms with Crippen molar-refractivity contribution in [3.8, 4) is 0 Å². The molecule has 1 aliphatic heterocycles. The molecule has 27 heavy (non-hydrogen) atoms. The molecule has 8 heteroatoms. The zero-order valence-corrected chi connectivity index (χ0v) is 17.1. The summed E-state index contributed by atoms with van der Waals surface area (Å²) in [5, 5.41) is 2.91. The SMILES string of the molecule is CCCN(CCC)CC(=O)NCc1ccc(S(=O)(=O)N2CCOCC2)cc1. The molecule has 1 aromatic carbocycles. The predicted molar refractivity (Wildman–Crippen MR) is 105 cm³/mol. The Hall–Kier alpha value is -1.48. The zero-order valence-electron chi connectivity index (χ0n) is 16.3. The van der Waals surface area contributed by atoms with Crippen LogP contribution < -0.4 is 5.32 Å². The van der Waals surface area contributed by atoms with Crippen molar-refractivity contribution in [2.45, 2.75) is 38.1 Å². The third-order valence-corrected chi connectivity index (χ3v) is 6.38. The number of amides is 1. The lowest BCUT2D eigenvalue weighted by molar-refractivity contribution is -0.122. The molecule has 1 heterocycles. The monoisotopic (exact) mass is 397 g/mol. The number of sulfonamides is 1. The highest BCUT2D eigenvalue weighted by Crippen LogP contribution is 2.17. The minimum Gasteiger partial charge on any atom is -0.379 e. The van der Waals surface area contributed by atoms with Crippen LogP contribution in [0.2, 0.25) is 0 Å². The van der Waals surface area contributed by atoms with E-state index in [0.29, 0.717) is 39.4 Å². The molecular formula is C19H31N3O4S. The fraction of sp³-hybridized carbons (Fsp3) is 0.632. The molecule has 1 fully saturated rings. The first-order chi connectivity index (χ1) is 13.0. The van der Waals surface area contributed by atoms with Gasteiger partial charge in [-0.25, -0.2) is 8.42 Å². The number of nitrogens with one attached hydrogen (secondary N) is 1. The molecule has 152 valence electrons. The maximum absolute atomic E-state index is 12.6. The minimum absolute atomic E-state index is 0.0121. The Morgan fingerprint density at radius 2 is 1.70 bits per heavy atom. The highest BCUT2D eigenvalue weighted by molar-refractivity contribution is 7.89. The van der Waals surface area contributed by atoms with Gasteiger partial charge in [0.05, 0.1) is 24.7 Å². The average Bonchev–Trinajstić information content (AvgIpc) is 2.68. The van der Waals surface area contributed by atoms with Crippen LogP contribution in [0.15, 0.2) is 29.2 Å². The highest BCUT2D eigenvalue weighted by Gasteiger charge is 2.26. The average molecular weight is 398 g/mol. The van der Waals surface area contributed by atoms with Gasteiger partial charge in [0.25, 0.3) is 0 Å². The summed E-state index contributed by atoms with van der Waals surface area (Å²) < 4.78 is 31.9. The van der Waals surface area contributed by atoms with Crippen LogP contribution in [0.4, 0.5) is 0 Å². The van der Waals surface area contributed by atoms with Gasteiger partial charge in [-0.3, -0.25) is 9.69 Å². The van der Waals surface area contributed by atoms with Crippen LogP contribution in [0, 0.1) is 0 Å². The number of ether oxygens (including phenoxy) is 1. The van der Waals surface area contributed by atoms with Crippen LogP contribution in [-0.4, -0.2) is 69.5 Å². The topological polar surface area (TPSA) is 79.0 Å². The van der Waals surface area contributed by atoms with Crippen molar-refractivity contribution >= 4 is 15.9 Å². The van der Waals surface area contributed by atoms with E-state index < -0.39 is 10.0 Å². The Morgan fingerprint density at radius 1 is 1.11 bits per heavy atom. The van der Waals surface area contributed by atoms with Gasteiger partial charge in [0.2, 0.25) is 15.9 Å². The summed E-state index contributed by atoms with van der Waals surface area (Å²) in [6.07, 6.45) is 2.04. The van der Waals surface area contributed by atoms with Gasteiger partial charge < -0.3 is 10.1 Å². The van der Waals surface area contributed by atoms with Gasteiger partial charge in [0, 0.05) is 19.6 Å². The standard InChI is InChI=1S/C19H31N3O4S/c1-3-9-21(10-4-2)16-19(23)20-15-17-5-7-18(8-6-17)27(24,25)22-11-13-26-14-12-22/h5-8H,3-4,9-16H2,1-2H3,(H,20,23). The lowest BCUT2D eigenvalue weighted by atomic mass is 10.2. The van der Waals surface area contributed by atoms with Crippen molar-refractivity contribution < 1.29 is 17.9 Å². The molecule has 1 saturated heterocycles. The lowest BCUT2D eigenvalue weighted by Crippen LogP contribution is -2.40. The second kappa shape index (κ2) is 10.8. The Morgan fingerprint density at radius 3 is 2.26 bits per heavy atom. The summed E-state index contributed by atoms with van der Waals surface area (Å²) >= 11 is 0. The molecule has 1 amide bonds. The summed E-state index contributed by atoms with van der Waals surface area (Å²) in [5.74, 6) is -0.0121. The molecule has 0 spiro atoms. The van der Waals surface area contributed by atoms with Crippen molar-refractivity contribution in [1.29, 1.82) is 0 Å². The molecule has 0 atom stereocenters. The van der Waals surface area contributed by atoms with Crippen molar-refractivity contribution in [2.75, 3.05) is 45.9 Å². The molecule has 1 N–H and O–H groups in total. The van der Waals surface area contributed by atoms with Gasteiger partial charge in [-0.1, -0.05) is 26.0 Å². The normalized spacial score (nSPS) is 15.8. The molecule has 0 radical (unpaired) electrons. The summed E-state index contributed by atoms with van der Waals surface area (Å²) in [6.45, 7) is 8.43. The number of rotatable bonds is 10. The minimum atomic E-state index is -3.48. The van der Waals surface area contributed by atoms with E-state index in [4.69, 9.17) is 4.74 Å². The first kappa shape index (κ1) is 21.8. The molecular weight excluding hydrogens is 366 g/mol. The molecule has 1 aliphatic rings. The Labute approximate surface area is 162 Å². The first-order valence-corrected chi connectivity index (χ1v) is 11.1. The Kier molecular flexibility index (Phi) is 8.69. The quantitative estimate of drug-likeness (QED) is 0.646. The molecule has 0 unspecified atom stereocenters. The number of benzene rings is 1. The molecule has 7 nitrogen and oxygen atoms in total. The number of hydrogen-bond acceptors (Lipinski definition) is 5. The Bertz CT molecular complexity index is 679. The lowest BCUT2D eigenvalue weighted by Gasteiger charge is -2.26. The van der Waals surface area contributed by atoms with Gasteiger partial charge in [-0.15, -0.1) is 0 Å². The van der Waals surface area contributed by atoms with Crippen LogP contribution in [0.3, 0.4) is 0 Å². The fourth-order valence-corrected chi connectivity index (χ4v) is 4.49. The van der Waals surface area contributed by atoms with Crippen LogP contribution in [0.1, 0.15) is 32.3 Å². The summed E-state index contributed by atoms with van der Waals surface area (Å²) in [7, 11) is -3.48. The van der Waals surface area contributed by atoms with Crippen LogP contribution in [0.25, 0.3) is 0 Å². The zero-order chi connectivity index (χ0) is 19.7. The van der Waals surface area contributed by atoms with Crippen LogP contribution >= 0.6 is 0 Å². The van der Waals surface area contributed by atoms with Gasteiger partial charge >= 0.3 is 0 Å². The highest BCUT2D eigenvalue weighted by atomic mass is 32.2. The molecule has 0 aromatic heterocycles. The van der Waals surface area contributed by atoms with E-state index in [0.717, 1.165) is 31.5 Å². The molecule has 0 saturated carbocycles. The largest absolute Gasteiger partial charge is 0.379 e. The summed E-state index contributed by atoms with van der Waals surface area (Å²) in [6, 6.07) is 6.71. The van der Waals surface area contributed by atoms with Crippen molar-refractivity contribution in [2.24, 2.45) is 0 Å². The molecule has 0 bridgehead atoms. The van der Waals surface area contributed by atoms with Gasteiger partial charge in [-0.2, -0.15) is 4.31 Å². The maximum atomic E-state index is 12.6. The summed E-state index contributed by atoms with van der Waals surface area (Å²) in [5.41, 5.74) is 0.877. The van der Waals surface area contributed by atoms with E-state index >= 15 is 0 Å². The second-order valence-corrected chi connectivity index (χ2v) is 8.65. The third kappa shape index (κ3) is 6.57. The number of nitrogens with zero attached hydrogens (tertiary/aromatic N) is 2. The molecule has 2 rings (SSSR count). The number of carbonyl (C=O) groups is 1. The Balaban J connectivity index is 1.88. The van der Waals surface area contributed by atoms with E-state index in [1.165, 1.54) is 4.31 Å². The first-order valence-electron chi connectivity index (χ1n) is 9.63. The van der Waals surface area contributed by atoms with E-state index in [9.17, 15) is 13.2 Å². The van der Waals surface area contributed by atoms with E-state index in [1.807, 2.05) is 0 Å². The van der Waals surface area contributed by atoms with Crippen molar-refractivity contribution in [1.82, 2.24) is 14.5 Å². The number of carbonyl (C=O) groups excluding carboxylic acids is 1. The van der Waals surface area contributed by atoms with Gasteiger partial charge in [-0.05, 0) is 43.6 Å². The predicted octanol–water partition coefficient (Wildman–Crippen LogP) is 1.45. The number of hydrogen-bond donors (Lipinski definition) is 1. The van der Waals surface area contributed by atoms with Crippen LogP contribution in [-0.2, 0) is 26.1 Å². The van der Waals surface area contributed by atoms with E-state index in [2.05, 4.69) is 24.1 Å². The van der Waals surface area contributed by atoms with Crippen molar-refractivity contribution in [3.63, 3.8) is 0 Å². The maximum Gasteiger partial charge on any atom is 0.243 e. The third-order valence-electron chi connectivity index (χ3n) is 4.47. The van der Waals surface area contributed by atoms with Gasteiger partial charge in [0.15, 0.2) is 0 Å². The van der Waals surface area contributed by atoms with Crippen LogP contribution in [0.5, 0.6) is 0 Å². The fourth-order valence-electron chi connectivity index (χ4n) is 3.08. The van der Waals surface area contributed by atoms with E-state index in [-0.39, 0.29) is 10.8 Å². The number of morpholine rings is 1. The van der Waals surface area contributed by atoms with E-state index in [1.54, 1.807) is 24.3 Å². The van der Waals surface area contributed by atoms with Crippen molar-refractivity contribution in [3.05, 3.63) is 29.8 Å². The second-order valence-electron chi connectivity index (χ2n) is 6.71. The molecule has 0 aliphatic carbocycles. The smallest absolute Gasteiger partial charge is 0.243 e.